The van der Waals surface area contributed by atoms with Crippen molar-refractivity contribution in [1.82, 2.24) is 4.90 Å². The highest BCUT2D eigenvalue weighted by molar-refractivity contribution is 5.31. The van der Waals surface area contributed by atoms with Crippen molar-refractivity contribution in [3.05, 3.63) is 54.1 Å². The Morgan fingerprint density at radius 1 is 0.963 bits per heavy atom. The molecule has 1 unspecified atom stereocenters. The zero-order chi connectivity index (χ0) is 18.8. The summed E-state index contributed by atoms with van der Waals surface area (Å²) < 4.78 is 11.4. The molecule has 1 saturated heterocycles. The maximum Gasteiger partial charge on any atom is 0.119 e. The zero-order valence-electron chi connectivity index (χ0n) is 16.2. The van der Waals surface area contributed by atoms with E-state index in [1.54, 1.807) is 19.2 Å². The Kier molecular flexibility index (Phi) is 5.26. The van der Waals surface area contributed by atoms with Crippen molar-refractivity contribution >= 4 is 0 Å². The van der Waals surface area contributed by atoms with Gasteiger partial charge >= 0.3 is 0 Å². The molecule has 0 bridgehead atoms. The summed E-state index contributed by atoms with van der Waals surface area (Å²) in [7, 11) is 1.68. The first-order chi connectivity index (χ1) is 13.1. The number of hydrogen-bond donors (Lipinski definition) is 1. The van der Waals surface area contributed by atoms with Gasteiger partial charge in [0.05, 0.1) is 13.2 Å². The third-order valence-corrected chi connectivity index (χ3v) is 6.14. The van der Waals surface area contributed by atoms with Gasteiger partial charge in [0.15, 0.2) is 0 Å². The van der Waals surface area contributed by atoms with Crippen molar-refractivity contribution in [3.8, 4) is 17.2 Å². The molecular weight excluding hydrogens is 338 g/mol. The molecule has 4 heteroatoms. The molecule has 4 rings (SSSR count). The Morgan fingerprint density at radius 2 is 1.56 bits per heavy atom. The van der Waals surface area contributed by atoms with Crippen LogP contribution in [0.2, 0.25) is 0 Å². The molecule has 1 heterocycles. The summed E-state index contributed by atoms with van der Waals surface area (Å²) in [5, 5.41) is 9.46. The highest BCUT2D eigenvalue weighted by atomic mass is 16.5. The molecule has 2 aromatic rings. The first kappa shape index (κ1) is 18.2. The van der Waals surface area contributed by atoms with Crippen LogP contribution in [0.3, 0.4) is 0 Å². The van der Waals surface area contributed by atoms with Gasteiger partial charge in [-0.1, -0.05) is 19.1 Å². The SMILES string of the molecule is COc1ccc(O[C@H]2C[C@@H]3CN(CC(C)c4ccc(O)cc4)C[C@@H]3C2)cc1. The Labute approximate surface area is 161 Å². The van der Waals surface area contributed by atoms with Crippen LogP contribution in [-0.4, -0.2) is 42.9 Å². The average molecular weight is 367 g/mol. The fourth-order valence-electron chi connectivity index (χ4n) is 4.73. The van der Waals surface area contributed by atoms with E-state index in [-0.39, 0.29) is 0 Å². The number of nitrogens with zero attached hydrogens (tertiary/aromatic N) is 1. The number of fused-ring (bicyclic) bond motifs is 1. The Balaban J connectivity index is 1.27. The number of likely N-dealkylation sites (tertiary alicyclic amines) is 1. The van der Waals surface area contributed by atoms with Gasteiger partial charge in [0.2, 0.25) is 0 Å². The number of phenolic OH excluding ortho intramolecular Hbond substituents is 1. The summed E-state index contributed by atoms with van der Waals surface area (Å²) in [6, 6.07) is 15.6. The van der Waals surface area contributed by atoms with E-state index in [1.807, 2.05) is 36.4 Å². The van der Waals surface area contributed by atoms with Crippen LogP contribution in [0.4, 0.5) is 0 Å². The molecule has 4 nitrogen and oxygen atoms in total. The fraction of sp³-hybridized carbons (Fsp3) is 0.478. The van der Waals surface area contributed by atoms with Crippen LogP contribution >= 0.6 is 0 Å². The van der Waals surface area contributed by atoms with Crippen molar-refractivity contribution in [2.45, 2.75) is 31.8 Å². The van der Waals surface area contributed by atoms with E-state index in [2.05, 4.69) is 11.8 Å². The summed E-state index contributed by atoms with van der Waals surface area (Å²) in [6.07, 6.45) is 2.65. The van der Waals surface area contributed by atoms with Crippen LogP contribution < -0.4 is 9.47 Å². The Bertz CT molecular complexity index is 729. The molecule has 27 heavy (non-hydrogen) atoms. The highest BCUT2D eigenvalue weighted by Gasteiger charge is 2.41. The summed E-state index contributed by atoms with van der Waals surface area (Å²) in [6.45, 7) is 5.71. The number of aromatic hydroxyl groups is 1. The number of benzene rings is 2. The number of ether oxygens (including phenoxy) is 2. The van der Waals surface area contributed by atoms with Crippen molar-refractivity contribution in [3.63, 3.8) is 0 Å². The van der Waals surface area contributed by atoms with Crippen LogP contribution in [-0.2, 0) is 0 Å². The van der Waals surface area contributed by atoms with Gasteiger partial charge in [-0.3, -0.25) is 0 Å². The summed E-state index contributed by atoms with van der Waals surface area (Å²) in [4.78, 5) is 2.61. The predicted molar refractivity (Wildman–Crippen MR) is 107 cm³/mol. The molecule has 2 aliphatic rings. The molecule has 2 aromatic carbocycles. The van der Waals surface area contributed by atoms with E-state index >= 15 is 0 Å². The molecule has 0 aromatic heterocycles. The standard InChI is InChI=1S/C23H29NO3/c1-16(17-3-5-20(25)6-4-17)13-24-14-18-11-23(12-19(18)15-24)27-22-9-7-21(26-2)8-10-22/h3-10,16,18-19,23,25H,11-15H2,1-2H3/t16?,18-,19+,23+. The number of phenols is 1. The van der Waals surface area contributed by atoms with Crippen LogP contribution in [0.5, 0.6) is 17.2 Å². The van der Waals surface area contributed by atoms with Crippen molar-refractivity contribution in [2.24, 2.45) is 11.8 Å². The monoisotopic (exact) mass is 367 g/mol. The average Bonchev–Trinajstić information content (AvgIpc) is 3.20. The van der Waals surface area contributed by atoms with Crippen molar-refractivity contribution in [1.29, 1.82) is 0 Å². The normalized spacial score (nSPS) is 25.9. The van der Waals surface area contributed by atoms with E-state index < -0.39 is 0 Å². The van der Waals surface area contributed by atoms with E-state index in [1.165, 1.54) is 18.7 Å². The largest absolute Gasteiger partial charge is 0.508 e. The van der Waals surface area contributed by atoms with Gasteiger partial charge in [0.25, 0.3) is 0 Å². The first-order valence-electron chi connectivity index (χ1n) is 9.92. The number of methoxy groups -OCH3 is 1. The Hall–Kier alpha value is -2.20. The predicted octanol–water partition coefficient (Wildman–Crippen LogP) is 4.29. The summed E-state index contributed by atoms with van der Waals surface area (Å²) in [5.74, 6) is 4.13. The number of rotatable bonds is 6. The lowest BCUT2D eigenvalue weighted by molar-refractivity contribution is 0.184. The third kappa shape index (κ3) is 4.22. The third-order valence-electron chi connectivity index (χ3n) is 6.14. The van der Waals surface area contributed by atoms with E-state index in [0.717, 1.165) is 42.7 Å². The second-order valence-electron chi connectivity index (χ2n) is 8.12. The van der Waals surface area contributed by atoms with Gasteiger partial charge in [0.1, 0.15) is 17.2 Å². The van der Waals surface area contributed by atoms with Crippen LogP contribution in [0.15, 0.2) is 48.5 Å². The van der Waals surface area contributed by atoms with Crippen molar-refractivity contribution in [2.75, 3.05) is 26.7 Å². The molecule has 1 N–H and O–H groups in total. The summed E-state index contributed by atoms with van der Waals surface area (Å²) >= 11 is 0. The maximum atomic E-state index is 9.46. The minimum atomic E-state index is 0.338. The Morgan fingerprint density at radius 3 is 2.15 bits per heavy atom. The second-order valence-corrected chi connectivity index (χ2v) is 8.12. The molecule has 0 spiro atoms. The molecule has 144 valence electrons. The van der Waals surface area contributed by atoms with Gasteiger partial charge in [0, 0.05) is 19.6 Å². The topological polar surface area (TPSA) is 41.9 Å². The van der Waals surface area contributed by atoms with E-state index in [9.17, 15) is 5.11 Å². The molecule has 4 atom stereocenters. The zero-order valence-corrected chi connectivity index (χ0v) is 16.2. The van der Waals surface area contributed by atoms with Gasteiger partial charge in [-0.15, -0.1) is 0 Å². The van der Waals surface area contributed by atoms with Gasteiger partial charge in [-0.25, -0.2) is 0 Å². The maximum absolute atomic E-state index is 9.46. The number of hydrogen-bond acceptors (Lipinski definition) is 4. The van der Waals surface area contributed by atoms with E-state index in [4.69, 9.17) is 9.47 Å². The molecular formula is C23H29NO3. The smallest absolute Gasteiger partial charge is 0.119 e. The minimum Gasteiger partial charge on any atom is -0.508 e. The molecule has 0 amide bonds. The highest BCUT2D eigenvalue weighted by Crippen LogP contribution is 2.40. The molecule has 1 aliphatic heterocycles. The molecule has 0 radical (unpaired) electrons. The lowest BCUT2D eigenvalue weighted by atomic mass is 10.0. The first-order valence-corrected chi connectivity index (χ1v) is 9.92. The lowest BCUT2D eigenvalue weighted by Crippen LogP contribution is -2.28. The molecule has 1 saturated carbocycles. The lowest BCUT2D eigenvalue weighted by Gasteiger charge is -2.23. The van der Waals surface area contributed by atoms with Crippen molar-refractivity contribution < 1.29 is 14.6 Å². The van der Waals surface area contributed by atoms with Crippen LogP contribution in [0, 0.1) is 11.8 Å². The van der Waals surface area contributed by atoms with Gasteiger partial charge in [-0.05, 0) is 72.6 Å². The second kappa shape index (κ2) is 7.81. The van der Waals surface area contributed by atoms with Crippen LogP contribution in [0.25, 0.3) is 0 Å². The van der Waals surface area contributed by atoms with E-state index in [0.29, 0.717) is 17.8 Å². The summed E-state index contributed by atoms with van der Waals surface area (Å²) in [5.41, 5.74) is 1.30. The molecule has 1 aliphatic carbocycles. The van der Waals surface area contributed by atoms with Gasteiger partial charge in [-0.2, -0.15) is 0 Å². The molecule has 2 fully saturated rings. The minimum absolute atomic E-state index is 0.338. The van der Waals surface area contributed by atoms with Crippen LogP contribution in [0.1, 0.15) is 31.2 Å². The van der Waals surface area contributed by atoms with Gasteiger partial charge < -0.3 is 19.5 Å². The fourth-order valence-corrected chi connectivity index (χ4v) is 4.73. The quantitative estimate of drug-likeness (QED) is 0.827.